The van der Waals surface area contributed by atoms with Gasteiger partial charge in [-0.3, -0.25) is 10.7 Å². The first kappa shape index (κ1) is 24.4. The molecule has 180 valence electrons. The Morgan fingerprint density at radius 1 is 0.914 bits per heavy atom. The van der Waals surface area contributed by atoms with E-state index in [0.29, 0.717) is 33.6 Å². The monoisotopic (exact) mass is 523 g/mol. The molecule has 1 aliphatic rings. The fraction of sp³-hybridized carbons (Fsp3) is 0.259. The van der Waals surface area contributed by atoms with Crippen molar-refractivity contribution in [1.29, 1.82) is 0 Å². The van der Waals surface area contributed by atoms with E-state index in [4.69, 9.17) is 11.6 Å². The first-order valence-corrected chi connectivity index (χ1v) is 13.5. The van der Waals surface area contributed by atoms with Crippen LogP contribution in [0.1, 0.15) is 20.3 Å². The van der Waals surface area contributed by atoms with E-state index in [1.54, 1.807) is 23.7 Å². The van der Waals surface area contributed by atoms with Gasteiger partial charge < -0.3 is 0 Å². The number of fused-ring (bicyclic) bond motifs is 2. The van der Waals surface area contributed by atoms with Gasteiger partial charge >= 0.3 is 0 Å². The van der Waals surface area contributed by atoms with E-state index in [9.17, 15) is 10.1 Å². The van der Waals surface area contributed by atoms with Crippen LogP contribution in [0, 0.1) is 16.7 Å². The quantitative estimate of drug-likeness (QED) is 0.114. The molecule has 5 nitrogen and oxygen atoms in total. The molecule has 35 heavy (non-hydrogen) atoms. The molecule has 1 fully saturated rings. The lowest BCUT2D eigenvalue weighted by Gasteiger charge is -2.33. The van der Waals surface area contributed by atoms with Gasteiger partial charge in [-0.1, -0.05) is 55.4 Å². The van der Waals surface area contributed by atoms with Crippen molar-refractivity contribution < 1.29 is 5.21 Å². The van der Waals surface area contributed by atoms with Crippen molar-refractivity contribution in [2.24, 2.45) is 17.0 Å². The van der Waals surface area contributed by atoms with Crippen LogP contribution in [0.2, 0.25) is 5.02 Å². The topological polar surface area (TPSA) is 64.9 Å². The van der Waals surface area contributed by atoms with E-state index in [-0.39, 0.29) is 0 Å². The number of nitrogens with one attached hydrogen (secondary N) is 1. The minimum Gasteiger partial charge on any atom is -0.291 e. The molecule has 0 unspecified atom stereocenters. The van der Waals surface area contributed by atoms with Gasteiger partial charge in [-0.2, -0.15) is 0 Å². The SMILES string of the molecule is C[C@@H]1C[C@H](C)CN(Sc2ccc3c(NO)c4ccc(Sc5cccc(Cl)c5)cc4c(N=O)c3c2)C1. The van der Waals surface area contributed by atoms with Crippen LogP contribution in [0.5, 0.6) is 0 Å². The van der Waals surface area contributed by atoms with E-state index in [0.717, 1.165) is 43.9 Å². The van der Waals surface area contributed by atoms with Crippen molar-refractivity contribution in [3.05, 3.63) is 70.6 Å². The Kier molecular flexibility index (Phi) is 7.23. The maximum atomic E-state index is 12.2. The van der Waals surface area contributed by atoms with Gasteiger partial charge in [0, 0.05) is 54.3 Å². The predicted octanol–water partition coefficient (Wildman–Crippen LogP) is 8.98. The molecule has 1 aliphatic heterocycles. The van der Waals surface area contributed by atoms with Gasteiger partial charge in [0.2, 0.25) is 0 Å². The van der Waals surface area contributed by atoms with Crippen molar-refractivity contribution in [1.82, 2.24) is 4.31 Å². The molecule has 0 spiro atoms. The molecule has 0 amide bonds. The maximum absolute atomic E-state index is 12.2. The molecule has 0 aliphatic carbocycles. The van der Waals surface area contributed by atoms with Crippen LogP contribution in [-0.4, -0.2) is 22.6 Å². The zero-order valence-corrected chi connectivity index (χ0v) is 21.9. The van der Waals surface area contributed by atoms with Crippen molar-refractivity contribution in [3.63, 3.8) is 0 Å². The first-order valence-electron chi connectivity index (χ1n) is 11.6. The smallest absolute Gasteiger partial charge is 0.123 e. The number of rotatable bonds is 6. The normalized spacial score (nSPS) is 18.7. The third-order valence-corrected chi connectivity index (χ3v) is 8.57. The molecule has 4 aromatic carbocycles. The summed E-state index contributed by atoms with van der Waals surface area (Å²) in [6, 6.07) is 19.5. The molecule has 8 heteroatoms. The molecule has 0 bridgehead atoms. The van der Waals surface area contributed by atoms with Gasteiger partial charge in [0.1, 0.15) is 5.69 Å². The van der Waals surface area contributed by atoms with Gasteiger partial charge in [0.25, 0.3) is 0 Å². The maximum Gasteiger partial charge on any atom is 0.123 e. The molecular formula is C27H26ClN3O2S2. The number of hydrogen-bond donors (Lipinski definition) is 2. The minimum atomic E-state index is 0.380. The van der Waals surface area contributed by atoms with Gasteiger partial charge in [-0.05, 0) is 77.8 Å². The zero-order chi connectivity index (χ0) is 24.5. The third-order valence-electron chi connectivity index (χ3n) is 6.34. The fourth-order valence-corrected chi connectivity index (χ4v) is 7.43. The summed E-state index contributed by atoms with van der Waals surface area (Å²) >= 11 is 9.43. The van der Waals surface area contributed by atoms with Gasteiger partial charge in [-0.25, -0.2) is 4.31 Å². The highest BCUT2D eigenvalue weighted by molar-refractivity contribution is 7.99. The highest BCUT2D eigenvalue weighted by Gasteiger charge is 2.23. The molecule has 1 heterocycles. The van der Waals surface area contributed by atoms with Crippen molar-refractivity contribution in [3.8, 4) is 0 Å². The number of hydrogen-bond acceptors (Lipinski definition) is 7. The predicted molar refractivity (Wildman–Crippen MR) is 148 cm³/mol. The Balaban J connectivity index is 1.59. The van der Waals surface area contributed by atoms with Crippen LogP contribution in [0.4, 0.5) is 11.4 Å². The second-order valence-corrected chi connectivity index (χ2v) is 12.0. The Morgan fingerprint density at radius 2 is 1.54 bits per heavy atom. The number of halogens is 1. The lowest BCUT2D eigenvalue weighted by Crippen LogP contribution is -2.33. The van der Waals surface area contributed by atoms with E-state index in [1.807, 2.05) is 60.7 Å². The van der Waals surface area contributed by atoms with Crippen LogP contribution in [0.15, 0.2) is 80.5 Å². The van der Waals surface area contributed by atoms with Crippen LogP contribution >= 0.6 is 35.3 Å². The molecule has 2 N–H and O–H groups in total. The van der Waals surface area contributed by atoms with Crippen molar-refractivity contribution >= 4 is 68.2 Å². The second-order valence-electron chi connectivity index (χ2n) is 9.29. The van der Waals surface area contributed by atoms with Crippen LogP contribution < -0.4 is 5.48 Å². The third kappa shape index (κ3) is 5.15. The minimum absolute atomic E-state index is 0.380. The summed E-state index contributed by atoms with van der Waals surface area (Å²) in [5.41, 5.74) is 3.32. The highest BCUT2D eigenvalue weighted by Crippen LogP contribution is 2.45. The summed E-state index contributed by atoms with van der Waals surface area (Å²) < 4.78 is 2.40. The highest BCUT2D eigenvalue weighted by atomic mass is 35.5. The summed E-state index contributed by atoms with van der Waals surface area (Å²) in [5.74, 6) is 1.31. The molecule has 4 aromatic rings. The molecule has 0 saturated carbocycles. The van der Waals surface area contributed by atoms with Gasteiger partial charge in [0.05, 0.1) is 5.69 Å². The standard InChI is InChI=1S/C27H26ClN3O2S2/c1-16-10-17(2)15-31(14-16)35-21-7-9-23-25(13-21)27(30-33)24-12-20(6-8-22(24)26(23)29-32)34-19-5-3-4-18(28)11-19/h3-9,11-13,16-17,29,32H,10,14-15H2,1-2H3/t16-,17+. The second kappa shape index (κ2) is 10.4. The molecule has 0 aromatic heterocycles. The van der Waals surface area contributed by atoms with E-state index < -0.39 is 0 Å². The largest absolute Gasteiger partial charge is 0.291 e. The van der Waals surface area contributed by atoms with Crippen molar-refractivity contribution in [2.45, 2.75) is 35.0 Å². The Hall–Kier alpha value is -2.29. The summed E-state index contributed by atoms with van der Waals surface area (Å²) in [6.07, 6.45) is 1.25. The average Bonchev–Trinajstić information content (AvgIpc) is 2.82. The number of nitrogens with zero attached hydrogens (tertiary/aromatic N) is 2. The van der Waals surface area contributed by atoms with E-state index in [2.05, 4.69) is 28.8 Å². The summed E-state index contributed by atoms with van der Waals surface area (Å²) in [7, 11) is 0. The Bertz CT molecular complexity index is 1400. The molecule has 2 atom stereocenters. The summed E-state index contributed by atoms with van der Waals surface area (Å²) in [6.45, 7) is 6.67. The van der Waals surface area contributed by atoms with Gasteiger partial charge in [-0.15, -0.1) is 4.91 Å². The van der Waals surface area contributed by atoms with Crippen LogP contribution in [0.3, 0.4) is 0 Å². The van der Waals surface area contributed by atoms with Gasteiger partial charge in [0.15, 0.2) is 0 Å². The number of benzene rings is 4. The number of piperidine rings is 1. The van der Waals surface area contributed by atoms with Crippen LogP contribution in [0.25, 0.3) is 21.5 Å². The molecule has 5 rings (SSSR count). The van der Waals surface area contributed by atoms with Crippen molar-refractivity contribution in [2.75, 3.05) is 18.6 Å². The number of nitroso groups, excluding NO2 is 1. The Labute approximate surface area is 218 Å². The zero-order valence-electron chi connectivity index (χ0n) is 19.5. The fourth-order valence-electron chi connectivity index (χ4n) is 5.00. The van der Waals surface area contributed by atoms with E-state index in [1.165, 1.54) is 6.42 Å². The first-order chi connectivity index (χ1) is 16.9. The molecule has 1 saturated heterocycles. The lowest BCUT2D eigenvalue weighted by atomic mass is 9.94. The molecular weight excluding hydrogens is 498 g/mol. The summed E-state index contributed by atoms with van der Waals surface area (Å²) in [4.78, 5) is 15.2. The number of anilines is 1. The van der Waals surface area contributed by atoms with E-state index >= 15 is 0 Å². The lowest BCUT2D eigenvalue weighted by molar-refractivity contribution is 0.237. The average molecular weight is 524 g/mol. The summed E-state index contributed by atoms with van der Waals surface area (Å²) in [5, 5.41) is 17.1. The Morgan fingerprint density at radius 3 is 2.17 bits per heavy atom. The van der Waals surface area contributed by atoms with Crippen LogP contribution in [-0.2, 0) is 0 Å². The molecule has 0 radical (unpaired) electrons.